The molecule has 7 heteroatoms. The second-order valence-electron chi connectivity index (χ2n) is 6.20. The van der Waals surface area contributed by atoms with Crippen LogP contribution in [0.15, 0.2) is 53.3 Å². The number of hydrogen-bond donors (Lipinski definition) is 2. The first-order valence-corrected chi connectivity index (χ1v) is 9.82. The number of aromatic nitrogens is 1. The van der Waals surface area contributed by atoms with Crippen molar-refractivity contribution in [2.24, 2.45) is 0 Å². The van der Waals surface area contributed by atoms with Crippen LogP contribution < -0.4 is 10.3 Å². The second kappa shape index (κ2) is 7.39. The normalized spacial score (nSPS) is 11.8. The van der Waals surface area contributed by atoms with Crippen LogP contribution in [0.5, 0.6) is 0 Å². The molecule has 0 spiro atoms. The molecule has 0 fully saturated rings. The monoisotopic (exact) mass is 374 g/mol. The average molecular weight is 374 g/mol. The van der Waals surface area contributed by atoms with E-state index in [0.717, 1.165) is 10.9 Å². The van der Waals surface area contributed by atoms with E-state index in [4.69, 9.17) is 0 Å². The highest BCUT2D eigenvalue weighted by Crippen LogP contribution is 2.13. The zero-order valence-corrected chi connectivity index (χ0v) is 15.1. The van der Waals surface area contributed by atoms with Gasteiger partial charge in [0.2, 0.25) is 10.0 Å². The van der Waals surface area contributed by atoms with E-state index in [-0.39, 0.29) is 24.3 Å². The lowest BCUT2D eigenvalue weighted by molar-refractivity contribution is 0.578. The molecule has 2 aromatic carbocycles. The zero-order chi connectivity index (χ0) is 18.7. The van der Waals surface area contributed by atoms with E-state index in [2.05, 4.69) is 9.71 Å². The van der Waals surface area contributed by atoms with Crippen LogP contribution in [0.3, 0.4) is 0 Å². The SMILES string of the molecule is Cc1ccc2[nH]c(=O)c(CNS(=O)(=O)CCc3ccccc3F)cc2c1. The van der Waals surface area contributed by atoms with Gasteiger partial charge in [-0.05, 0) is 48.6 Å². The van der Waals surface area contributed by atoms with Crippen molar-refractivity contribution in [1.29, 1.82) is 0 Å². The maximum Gasteiger partial charge on any atom is 0.252 e. The standard InChI is InChI=1S/C19H19FN2O3S/c1-13-6-7-18-15(10-13)11-16(19(23)22-18)12-21-26(24,25)9-8-14-4-2-3-5-17(14)20/h2-7,10-11,21H,8-9,12H2,1H3,(H,22,23). The molecule has 0 unspecified atom stereocenters. The van der Waals surface area contributed by atoms with Crippen LogP contribution in [-0.2, 0) is 23.0 Å². The summed E-state index contributed by atoms with van der Waals surface area (Å²) in [7, 11) is -3.64. The first kappa shape index (κ1) is 18.3. The van der Waals surface area contributed by atoms with Crippen molar-refractivity contribution in [3.63, 3.8) is 0 Å². The van der Waals surface area contributed by atoms with Crippen LogP contribution in [-0.4, -0.2) is 19.2 Å². The Kier molecular flexibility index (Phi) is 5.20. The van der Waals surface area contributed by atoms with Gasteiger partial charge in [0, 0.05) is 17.6 Å². The number of nitrogens with one attached hydrogen (secondary N) is 2. The molecule has 0 aliphatic heterocycles. The van der Waals surface area contributed by atoms with E-state index in [9.17, 15) is 17.6 Å². The Labute approximate surface area is 150 Å². The Morgan fingerprint density at radius 2 is 1.85 bits per heavy atom. The molecule has 0 saturated carbocycles. The molecule has 136 valence electrons. The molecule has 1 aromatic heterocycles. The molecular weight excluding hydrogens is 355 g/mol. The fraction of sp³-hybridized carbons (Fsp3) is 0.211. The van der Waals surface area contributed by atoms with Gasteiger partial charge in [-0.1, -0.05) is 29.8 Å². The number of pyridine rings is 1. The number of H-pyrrole nitrogens is 1. The molecule has 26 heavy (non-hydrogen) atoms. The fourth-order valence-corrected chi connectivity index (χ4v) is 3.72. The maximum absolute atomic E-state index is 13.6. The summed E-state index contributed by atoms with van der Waals surface area (Å²) in [6, 6.07) is 13.4. The molecule has 0 saturated heterocycles. The number of benzene rings is 2. The van der Waals surface area contributed by atoms with Crippen LogP contribution >= 0.6 is 0 Å². The van der Waals surface area contributed by atoms with E-state index in [1.54, 1.807) is 24.3 Å². The van der Waals surface area contributed by atoms with Gasteiger partial charge < -0.3 is 4.98 Å². The second-order valence-corrected chi connectivity index (χ2v) is 8.12. The van der Waals surface area contributed by atoms with Crippen molar-refractivity contribution in [2.45, 2.75) is 19.9 Å². The zero-order valence-electron chi connectivity index (χ0n) is 14.3. The molecule has 3 aromatic rings. The van der Waals surface area contributed by atoms with Gasteiger partial charge in [0.05, 0.1) is 5.75 Å². The molecule has 0 aliphatic carbocycles. The highest BCUT2D eigenvalue weighted by atomic mass is 32.2. The lowest BCUT2D eigenvalue weighted by Gasteiger charge is -2.08. The van der Waals surface area contributed by atoms with Crippen LogP contribution in [0.2, 0.25) is 0 Å². The molecule has 5 nitrogen and oxygen atoms in total. The van der Waals surface area contributed by atoms with Gasteiger partial charge in [0.1, 0.15) is 5.82 Å². The smallest absolute Gasteiger partial charge is 0.252 e. The summed E-state index contributed by atoms with van der Waals surface area (Å²) in [5, 5.41) is 0.838. The Bertz CT molecular complexity index is 1110. The minimum absolute atomic E-state index is 0.0648. The minimum Gasteiger partial charge on any atom is -0.322 e. The minimum atomic E-state index is -3.64. The predicted molar refractivity (Wildman–Crippen MR) is 100 cm³/mol. The largest absolute Gasteiger partial charge is 0.322 e. The summed E-state index contributed by atoms with van der Waals surface area (Å²) in [6.07, 6.45) is 0.0648. The van der Waals surface area contributed by atoms with Gasteiger partial charge in [-0.3, -0.25) is 4.79 Å². The molecule has 0 atom stereocenters. The highest BCUT2D eigenvalue weighted by molar-refractivity contribution is 7.89. The van der Waals surface area contributed by atoms with Crippen LogP contribution in [0.1, 0.15) is 16.7 Å². The summed E-state index contributed by atoms with van der Waals surface area (Å²) >= 11 is 0. The van der Waals surface area contributed by atoms with Crippen LogP contribution in [0, 0.1) is 12.7 Å². The maximum atomic E-state index is 13.6. The Morgan fingerprint density at radius 3 is 2.62 bits per heavy atom. The van der Waals surface area contributed by atoms with Crippen molar-refractivity contribution in [3.05, 3.63) is 81.4 Å². The van der Waals surface area contributed by atoms with Gasteiger partial charge >= 0.3 is 0 Å². The van der Waals surface area contributed by atoms with Crippen molar-refractivity contribution in [1.82, 2.24) is 9.71 Å². The number of fused-ring (bicyclic) bond motifs is 1. The van der Waals surface area contributed by atoms with Gasteiger partial charge in [0.25, 0.3) is 5.56 Å². The number of halogens is 1. The first-order chi connectivity index (χ1) is 12.3. The number of aromatic amines is 1. The van der Waals surface area contributed by atoms with Gasteiger partial charge in [0.15, 0.2) is 0 Å². The van der Waals surface area contributed by atoms with Gasteiger partial charge in [-0.15, -0.1) is 0 Å². The third-order valence-electron chi connectivity index (χ3n) is 4.16. The molecule has 0 bridgehead atoms. The number of sulfonamides is 1. The summed E-state index contributed by atoms with van der Waals surface area (Å²) in [6.45, 7) is 1.83. The Hall–Kier alpha value is -2.51. The van der Waals surface area contributed by atoms with Crippen LogP contribution in [0.25, 0.3) is 10.9 Å². The molecule has 0 aliphatic rings. The Morgan fingerprint density at radius 1 is 1.08 bits per heavy atom. The summed E-state index contributed by atoms with van der Waals surface area (Å²) in [4.78, 5) is 14.9. The Balaban J connectivity index is 1.71. The third kappa shape index (κ3) is 4.36. The molecular formula is C19H19FN2O3S. The number of hydrogen-bond acceptors (Lipinski definition) is 3. The molecule has 1 heterocycles. The van der Waals surface area contributed by atoms with E-state index < -0.39 is 15.8 Å². The average Bonchev–Trinajstić information content (AvgIpc) is 2.60. The fourth-order valence-electron chi connectivity index (χ4n) is 2.71. The summed E-state index contributed by atoms with van der Waals surface area (Å²) in [5.41, 5.74) is 2.08. The highest BCUT2D eigenvalue weighted by Gasteiger charge is 2.13. The lowest BCUT2D eigenvalue weighted by atomic mass is 10.1. The van der Waals surface area contributed by atoms with Crippen molar-refractivity contribution < 1.29 is 12.8 Å². The van der Waals surface area contributed by atoms with Gasteiger partial charge in [-0.25, -0.2) is 17.5 Å². The number of aryl methyl sites for hydroxylation is 2. The summed E-state index contributed by atoms with van der Waals surface area (Å²) in [5.74, 6) is -0.678. The third-order valence-corrected chi connectivity index (χ3v) is 5.48. The molecule has 2 N–H and O–H groups in total. The summed E-state index contributed by atoms with van der Waals surface area (Å²) < 4.78 is 40.3. The van der Waals surface area contributed by atoms with Crippen LogP contribution in [0.4, 0.5) is 4.39 Å². The number of rotatable bonds is 6. The quantitative estimate of drug-likeness (QED) is 0.696. The lowest BCUT2D eigenvalue weighted by Crippen LogP contribution is -2.29. The molecule has 3 rings (SSSR count). The van der Waals surface area contributed by atoms with E-state index in [0.29, 0.717) is 16.6 Å². The van der Waals surface area contributed by atoms with E-state index in [1.165, 1.54) is 6.07 Å². The van der Waals surface area contributed by atoms with Gasteiger partial charge in [-0.2, -0.15) is 0 Å². The molecule has 0 amide bonds. The predicted octanol–water partition coefficient (Wildman–Crippen LogP) is 2.64. The van der Waals surface area contributed by atoms with E-state index >= 15 is 0 Å². The first-order valence-electron chi connectivity index (χ1n) is 8.17. The van der Waals surface area contributed by atoms with Crippen molar-refractivity contribution >= 4 is 20.9 Å². The molecule has 0 radical (unpaired) electrons. The van der Waals surface area contributed by atoms with Crippen molar-refractivity contribution in [3.8, 4) is 0 Å². The van der Waals surface area contributed by atoms with Crippen molar-refractivity contribution in [2.75, 3.05) is 5.75 Å². The van der Waals surface area contributed by atoms with E-state index in [1.807, 2.05) is 25.1 Å². The topological polar surface area (TPSA) is 79.0 Å².